The summed E-state index contributed by atoms with van der Waals surface area (Å²) in [5.74, 6) is 2.65. The van der Waals surface area contributed by atoms with Crippen LogP contribution < -0.4 is 20.5 Å². The molecule has 3 aliphatic rings. The normalized spacial score (nSPS) is 30.4. The highest BCUT2D eigenvalue weighted by atomic mass is 35.5. The molecule has 2 saturated carbocycles. The molecule has 4 rings (SSSR count). The minimum Gasteiger partial charge on any atom is -0.486 e. The van der Waals surface area contributed by atoms with Crippen molar-refractivity contribution >= 4 is 18.3 Å². The molecular weight excluding hydrogens is 328 g/mol. The maximum atomic E-state index is 12.5. The lowest BCUT2D eigenvalue weighted by Crippen LogP contribution is -2.40. The van der Waals surface area contributed by atoms with Gasteiger partial charge in [-0.15, -0.1) is 12.4 Å². The van der Waals surface area contributed by atoms with Crippen LogP contribution in [0.3, 0.4) is 0 Å². The van der Waals surface area contributed by atoms with E-state index in [1.165, 1.54) is 12.0 Å². The maximum Gasteiger partial charge on any atom is 0.223 e. The van der Waals surface area contributed by atoms with E-state index in [0.717, 1.165) is 30.8 Å². The number of nitrogens with one attached hydrogen (secondary N) is 1. The second kappa shape index (κ2) is 7.19. The van der Waals surface area contributed by atoms with E-state index in [4.69, 9.17) is 15.2 Å². The van der Waals surface area contributed by atoms with Crippen LogP contribution >= 0.6 is 12.4 Å². The van der Waals surface area contributed by atoms with Gasteiger partial charge in [0.25, 0.3) is 0 Å². The Kier molecular flexibility index (Phi) is 5.21. The minimum absolute atomic E-state index is 0. The highest BCUT2D eigenvalue weighted by Crippen LogP contribution is 2.49. The lowest BCUT2D eigenvalue weighted by atomic mass is 10.0. The van der Waals surface area contributed by atoms with Gasteiger partial charge in [0.1, 0.15) is 13.2 Å². The van der Waals surface area contributed by atoms with E-state index >= 15 is 0 Å². The summed E-state index contributed by atoms with van der Waals surface area (Å²) < 4.78 is 11.2. The smallest absolute Gasteiger partial charge is 0.223 e. The van der Waals surface area contributed by atoms with Crippen molar-refractivity contribution in [3.05, 3.63) is 23.8 Å². The first-order valence-corrected chi connectivity index (χ1v) is 8.66. The highest BCUT2D eigenvalue weighted by molar-refractivity contribution is 5.85. The van der Waals surface area contributed by atoms with Gasteiger partial charge in [0.05, 0.1) is 0 Å². The molecule has 1 amide bonds. The molecule has 1 aromatic carbocycles. The number of carbonyl (C=O) groups excluding carboxylic acids is 1. The van der Waals surface area contributed by atoms with Crippen LogP contribution in [0, 0.1) is 11.8 Å². The molecule has 6 heteroatoms. The van der Waals surface area contributed by atoms with Crippen molar-refractivity contribution in [2.75, 3.05) is 19.8 Å². The molecule has 0 aromatic heterocycles. The highest BCUT2D eigenvalue weighted by Gasteiger charge is 2.45. The number of carbonyl (C=O) groups is 1. The molecule has 2 aliphatic carbocycles. The molecule has 0 bridgehead atoms. The van der Waals surface area contributed by atoms with Crippen molar-refractivity contribution in [1.82, 2.24) is 5.32 Å². The third kappa shape index (κ3) is 3.33. The number of nitrogens with two attached hydrogens (primary N) is 1. The van der Waals surface area contributed by atoms with Crippen LogP contribution in [0.1, 0.15) is 37.2 Å². The molecule has 0 spiro atoms. The molecule has 1 aromatic rings. The Morgan fingerprint density at radius 3 is 2.79 bits per heavy atom. The monoisotopic (exact) mass is 352 g/mol. The van der Waals surface area contributed by atoms with E-state index in [1.807, 2.05) is 12.1 Å². The average molecular weight is 353 g/mol. The van der Waals surface area contributed by atoms with Gasteiger partial charge in [-0.25, -0.2) is 0 Å². The third-order valence-electron chi connectivity index (χ3n) is 5.41. The molecule has 1 aliphatic heterocycles. The van der Waals surface area contributed by atoms with Crippen LogP contribution in [0.2, 0.25) is 0 Å². The molecular formula is C18H25ClN2O3. The molecule has 2 fully saturated rings. The number of amides is 1. The zero-order chi connectivity index (χ0) is 15.8. The van der Waals surface area contributed by atoms with Gasteiger partial charge in [-0.3, -0.25) is 4.79 Å². The largest absolute Gasteiger partial charge is 0.486 e. The van der Waals surface area contributed by atoms with E-state index in [1.54, 1.807) is 0 Å². The molecule has 24 heavy (non-hydrogen) atoms. The zero-order valence-corrected chi connectivity index (χ0v) is 14.5. The first-order valence-electron chi connectivity index (χ1n) is 8.66. The fourth-order valence-electron chi connectivity index (χ4n) is 3.94. The molecule has 4 unspecified atom stereocenters. The van der Waals surface area contributed by atoms with Gasteiger partial charge in [-0.1, -0.05) is 12.5 Å². The Hall–Kier alpha value is -1.46. The SMILES string of the molecule is Cl.NCC1CCCC1NC(=O)C1CC1c1ccc2c(c1)OCCO2. The van der Waals surface area contributed by atoms with Crippen LogP contribution in [-0.4, -0.2) is 31.7 Å². The summed E-state index contributed by atoms with van der Waals surface area (Å²) in [5.41, 5.74) is 6.97. The number of halogens is 1. The number of hydrogen-bond acceptors (Lipinski definition) is 4. The standard InChI is InChI=1S/C18H24N2O3.ClH/c19-10-12-2-1-3-15(12)20-18(21)14-9-13(14)11-4-5-16-17(8-11)23-7-6-22-16;/h4-5,8,12-15H,1-3,6-7,9-10,19H2,(H,20,21);1H. The van der Waals surface area contributed by atoms with Gasteiger partial charge < -0.3 is 20.5 Å². The fraction of sp³-hybridized carbons (Fsp3) is 0.611. The molecule has 0 saturated heterocycles. The van der Waals surface area contributed by atoms with Crippen molar-refractivity contribution in [2.24, 2.45) is 17.6 Å². The molecule has 4 atom stereocenters. The summed E-state index contributed by atoms with van der Waals surface area (Å²) >= 11 is 0. The van der Waals surface area contributed by atoms with E-state index in [9.17, 15) is 4.79 Å². The predicted octanol–water partition coefficient (Wildman–Crippen LogP) is 2.23. The van der Waals surface area contributed by atoms with Crippen molar-refractivity contribution in [1.29, 1.82) is 0 Å². The minimum atomic E-state index is 0. The van der Waals surface area contributed by atoms with Crippen molar-refractivity contribution < 1.29 is 14.3 Å². The summed E-state index contributed by atoms with van der Waals surface area (Å²) in [5, 5.41) is 3.23. The van der Waals surface area contributed by atoms with E-state index < -0.39 is 0 Å². The van der Waals surface area contributed by atoms with Gasteiger partial charge in [0, 0.05) is 12.0 Å². The second-order valence-corrected chi connectivity index (χ2v) is 6.89. The predicted molar refractivity (Wildman–Crippen MR) is 93.9 cm³/mol. The number of ether oxygens (including phenoxy) is 2. The van der Waals surface area contributed by atoms with E-state index in [2.05, 4.69) is 11.4 Å². The Bertz CT molecular complexity index is 610. The summed E-state index contributed by atoms with van der Waals surface area (Å²) in [7, 11) is 0. The number of hydrogen-bond donors (Lipinski definition) is 2. The summed E-state index contributed by atoms with van der Waals surface area (Å²) in [6.45, 7) is 1.86. The maximum absolute atomic E-state index is 12.5. The molecule has 1 heterocycles. The Morgan fingerprint density at radius 2 is 2.00 bits per heavy atom. The van der Waals surface area contributed by atoms with E-state index in [0.29, 0.717) is 31.6 Å². The van der Waals surface area contributed by atoms with Crippen LogP contribution in [0.5, 0.6) is 11.5 Å². The quantitative estimate of drug-likeness (QED) is 0.871. The molecule has 5 nitrogen and oxygen atoms in total. The molecule has 132 valence electrons. The number of fused-ring (bicyclic) bond motifs is 1. The summed E-state index contributed by atoms with van der Waals surface area (Å²) in [6, 6.07) is 6.32. The number of benzene rings is 1. The first kappa shape index (κ1) is 17.4. The number of rotatable bonds is 4. The second-order valence-electron chi connectivity index (χ2n) is 6.89. The lowest BCUT2D eigenvalue weighted by Gasteiger charge is -2.20. The van der Waals surface area contributed by atoms with Gasteiger partial charge in [0.2, 0.25) is 5.91 Å². The average Bonchev–Trinajstić information content (AvgIpc) is 3.27. The van der Waals surface area contributed by atoms with Crippen LogP contribution in [-0.2, 0) is 4.79 Å². The fourth-order valence-corrected chi connectivity index (χ4v) is 3.94. The van der Waals surface area contributed by atoms with Crippen LogP contribution in [0.4, 0.5) is 0 Å². The van der Waals surface area contributed by atoms with Crippen molar-refractivity contribution in [3.8, 4) is 11.5 Å². The van der Waals surface area contributed by atoms with Gasteiger partial charge in [-0.2, -0.15) is 0 Å². The van der Waals surface area contributed by atoms with Gasteiger partial charge in [0.15, 0.2) is 11.5 Å². The Morgan fingerprint density at radius 1 is 1.21 bits per heavy atom. The Labute approximate surface area is 148 Å². The topological polar surface area (TPSA) is 73.6 Å². The van der Waals surface area contributed by atoms with Crippen molar-refractivity contribution in [2.45, 2.75) is 37.6 Å². The summed E-state index contributed by atoms with van der Waals surface area (Å²) in [6.07, 6.45) is 4.29. The van der Waals surface area contributed by atoms with Crippen LogP contribution in [0.15, 0.2) is 18.2 Å². The van der Waals surface area contributed by atoms with Gasteiger partial charge >= 0.3 is 0 Å². The van der Waals surface area contributed by atoms with Crippen LogP contribution in [0.25, 0.3) is 0 Å². The van der Waals surface area contributed by atoms with E-state index in [-0.39, 0.29) is 30.3 Å². The van der Waals surface area contributed by atoms with Crippen molar-refractivity contribution in [3.63, 3.8) is 0 Å². The molecule has 3 N–H and O–H groups in total. The Balaban J connectivity index is 0.00000169. The van der Waals surface area contributed by atoms with Gasteiger partial charge in [-0.05, 0) is 55.3 Å². The first-order chi connectivity index (χ1) is 11.3. The molecule has 0 radical (unpaired) electrons. The third-order valence-corrected chi connectivity index (χ3v) is 5.41. The summed E-state index contributed by atoms with van der Waals surface area (Å²) in [4.78, 5) is 12.5. The lowest BCUT2D eigenvalue weighted by molar-refractivity contribution is -0.123. The zero-order valence-electron chi connectivity index (χ0n) is 13.7.